The summed E-state index contributed by atoms with van der Waals surface area (Å²) in [7, 11) is 0. The molecule has 0 fully saturated rings. The number of carbonyl (C=O) groups is 1. The molecule has 5 nitrogen and oxygen atoms in total. The second-order valence-corrected chi connectivity index (χ2v) is 3.62. The highest BCUT2D eigenvalue weighted by Gasteiger charge is 2.10. The Morgan fingerprint density at radius 2 is 1.78 bits per heavy atom. The average molecular weight is 316 g/mol. The lowest BCUT2D eigenvalue weighted by atomic mass is 10.5. The van der Waals surface area contributed by atoms with Crippen LogP contribution in [-0.2, 0) is 0 Å². The first-order valence-electron chi connectivity index (χ1n) is 5.83. The first kappa shape index (κ1) is 16.6. The molecule has 0 aliphatic heterocycles. The molecular formula is C12H18BrN3O2. The lowest BCUT2D eigenvalue weighted by Crippen LogP contribution is -1.95. The van der Waals surface area contributed by atoms with Crippen molar-refractivity contribution in [3.63, 3.8) is 0 Å². The standard InChI is InChI=1S/C8H6BrN3O2.2C2H6/c1-4-7-11-5(8(13)14)2-12(7)3-6(9)10-4;2*1-2/h2-3H,1H3,(H,13,14);2*1-2H3. The van der Waals surface area contributed by atoms with Crippen molar-refractivity contribution in [3.8, 4) is 0 Å². The Balaban J connectivity index is 0.000000659. The SMILES string of the molecule is CC.CC.Cc1nc(Br)cn2cc(C(=O)O)nc12. The molecule has 2 aromatic heterocycles. The quantitative estimate of drug-likeness (QED) is 0.873. The zero-order valence-corrected chi connectivity index (χ0v) is 12.8. The topological polar surface area (TPSA) is 67.5 Å². The summed E-state index contributed by atoms with van der Waals surface area (Å²) in [5.74, 6) is -1.04. The molecule has 2 rings (SSSR count). The van der Waals surface area contributed by atoms with Crippen molar-refractivity contribution < 1.29 is 9.90 Å². The second kappa shape index (κ2) is 7.81. The van der Waals surface area contributed by atoms with Crippen molar-refractivity contribution in [1.82, 2.24) is 14.4 Å². The molecule has 0 atom stereocenters. The van der Waals surface area contributed by atoms with Gasteiger partial charge in [0.05, 0.1) is 5.69 Å². The molecule has 0 aromatic carbocycles. The fourth-order valence-electron chi connectivity index (χ4n) is 1.22. The number of nitrogens with zero attached hydrogens (tertiary/aromatic N) is 3. The van der Waals surface area contributed by atoms with Crippen LogP contribution in [0.3, 0.4) is 0 Å². The molecule has 0 amide bonds. The van der Waals surface area contributed by atoms with E-state index in [0.717, 1.165) is 0 Å². The lowest BCUT2D eigenvalue weighted by molar-refractivity contribution is 0.0691. The lowest BCUT2D eigenvalue weighted by Gasteiger charge is -1.96. The molecule has 0 spiro atoms. The van der Waals surface area contributed by atoms with Gasteiger partial charge in [0, 0.05) is 12.4 Å². The number of aryl methyl sites for hydroxylation is 1. The fraction of sp³-hybridized carbons (Fsp3) is 0.417. The zero-order chi connectivity index (χ0) is 14.3. The molecular weight excluding hydrogens is 298 g/mol. The summed E-state index contributed by atoms with van der Waals surface area (Å²) in [4.78, 5) is 18.7. The van der Waals surface area contributed by atoms with Crippen LogP contribution in [0.5, 0.6) is 0 Å². The Kier molecular flexibility index (Phi) is 7.19. The predicted molar refractivity (Wildman–Crippen MR) is 75.1 cm³/mol. The van der Waals surface area contributed by atoms with Crippen LogP contribution in [0, 0.1) is 6.92 Å². The maximum atomic E-state index is 10.7. The number of imidazole rings is 1. The van der Waals surface area contributed by atoms with Gasteiger partial charge in [0.25, 0.3) is 0 Å². The van der Waals surface area contributed by atoms with Crippen molar-refractivity contribution >= 4 is 27.5 Å². The third kappa shape index (κ3) is 3.80. The molecule has 6 heteroatoms. The highest BCUT2D eigenvalue weighted by molar-refractivity contribution is 9.10. The molecule has 2 heterocycles. The molecule has 0 unspecified atom stereocenters. The third-order valence-corrected chi connectivity index (χ3v) is 2.18. The van der Waals surface area contributed by atoms with Gasteiger partial charge < -0.3 is 9.51 Å². The number of aromatic carboxylic acids is 1. The van der Waals surface area contributed by atoms with Crippen LogP contribution in [0.4, 0.5) is 0 Å². The van der Waals surface area contributed by atoms with Crippen molar-refractivity contribution in [1.29, 1.82) is 0 Å². The van der Waals surface area contributed by atoms with E-state index in [0.29, 0.717) is 15.9 Å². The van der Waals surface area contributed by atoms with Crippen LogP contribution in [0.15, 0.2) is 17.0 Å². The number of aromatic nitrogens is 3. The minimum Gasteiger partial charge on any atom is -0.476 e. The summed E-state index contributed by atoms with van der Waals surface area (Å²) >= 11 is 3.22. The summed E-state index contributed by atoms with van der Waals surface area (Å²) < 4.78 is 2.28. The highest BCUT2D eigenvalue weighted by Crippen LogP contribution is 2.13. The molecule has 100 valence electrons. The van der Waals surface area contributed by atoms with Gasteiger partial charge in [-0.3, -0.25) is 0 Å². The first-order chi connectivity index (χ1) is 8.58. The van der Waals surface area contributed by atoms with Gasteiger partial charge in [0.1, 0.15) is 4.60 Å². The van der Waals surface area contributed by atoms with E-state index in [4.69, 9.17) is 5.11 Å². The molecule has 18 heavy (non-hydrogen) atoms. The van der Waals surface area contributed by atoms with Crippen molar-refractivity contribution in [2.45, 2.75) is 34.6 Å². The maximum absolute atomic E-state index is 10.7. The Morgan fingerprint density at radius 1 is 1.22 bits per heavy atom. The minimum absolute atomic E-state index is 0.0213. The van der Waals surface area contributed by atoms with E-state index >= 15 is 0 Å². The van der Waals surface area contributed by atoms with E-state index in [2.05, 4.69) is 25.9 Å². The van der Waals surface area contributed by atoms with E-state index < -0.39 is 5.97 Å². The molecule has 0 saturated heterocycles. The van der Waals surface area contributed by atoms with Crippen LogP contribution in [0.1, 0.15) is 43.9 Å². The summed E-state index contributed by atoms with van der Waals surface area (Å²) in [6, 6.07) is 0. The zero-order valence-electron chi connectivity index (χ0n) is 11.2. The van der Waals surface area contributed by atoms with E-state index in [1.165, 1.54) is 6.20 Å². The van der Waals surface area contributed by atoms with Gasteiger partial charge in [0.15, 0.2) is 11.3 Å². The Hall–Kier alpha value is -1.43. The van der Waals surface area contributed by atoms with Crippen molar-refractivity contribution in [2.24, 2.45) is 0 Å². The van der Waals surface area contributed by atoms with Crippen LogP contribution in [0.25, 0.3) is 5.65 Å². The van der Waals surface area contributed by atoms with Crippen LogP contribution >= 0.6 is 15.9 Å². The number of hydrogen-bond acceptors (Lipinski definition) is 3. The number of rotatable bonds is 1. The number of fused-ring (bicyclic) bond motifs is 1. The predicted octanol–water partition coefficient (Wildman–Crippen LogP) is 3.55. The number of hydrogen-bond donors (Lipinski definition) is 1. The smallest absolute Gasteiger partial charge is 0.356 e. The molecule has 0 aliphatic carbocycles. The van der Waals surface area contributed by atoms with Gasteiger partial charge in [-0.25, -0.2) is 14.8 Å². The number of carboxylic acids is 1. The van der Waals surface area contributed by atoms with Crippen molar-refractivity contribution in [3.05, 3.63) is 28.4 Å². The fourth-order valence-corrected chi connectivity index (χ4v) is 1.70. The summed E-state index contributed by atoms with van der Waals surface area (Å²) in [5, 5.41) is 8.74. The molecule has 0 radical (unpaired) electrons. The van der Waals surface area contributed by atoms with E-state index in [9.17, 15) is 4.79 Å². The van der Waals surface area contributed by atoms with Crippen molar-refractivity contribution in [2.75, 3.05) is 0 Å². The van der Waals surface area contributed by atoms with Crippen LogP contribution in [0.2, 0.25) is 0 Å². The van der Waals surface area contributed by atoms with Crippen LogP contribution < -0.4 is 0 Å². The number of carboxylic acid groups (broad SMARTS) is 1. The van der Waals surface area contributed by atoms with Gasteiger partial charge in [-0.15, -0.1) is 0 Å². The van der Waals surface area contributed by atoms with Gasteiger partial charge in [0.2, 0.25) is 0 Å². The number of halogens is 1. The largest absolute Gasteiger partial charge is 0.476 e. The normalized spacial score (nSPS) is 9.00. The second-order valence-electron chi connectivity index (χ2n) is 2.81. The molecule has 0 saturated carbocycles. The minimum atomic E-state index is -1.04. The third-order valence-electron chi connectivity index (χ3n) is 1.80. The van der Waals surface area contributed by atoms with Gasteiger partial charge in [-0.05, 0) is 22.9 Å². The first-order valence-corrected chi connectivity index (χ1v) is 6.62. The molecule has 2 aromatic rings. The van der Waals surface area contributed by atoms with E-state index in [1.54, 1.807) is 17.5 Å². The Morgan fingerprint density at radius 3 is 2.28 bits per heavy atom. The molecule has 0 aliphatic rings. The summed E-state index contributed by atoms with van der Waals surface area (Å²) in [6.45, 7) is 9.78. The molecule has 1 N–H and O–H groups in total. The van der Waals surface area contributed by atoms with Gasteiger partial charge in [-0.1, -0.05) is 27.7 Å². The monoisotopic (exact) mass is 315 g/mol. The summed E-state index contributed by atoms with van der Waals surface area (Å²) in [5.41, 5.74) is 1.27. The Bertz CT molecular complexity index is 523. The van der Waals surface area contributed by atoms with E-state index in [1.807, 2.05) is 27.7 Å². The highest BCUT2D eigenvalue weighted by atomic mass is 79.9. The van der Waals surface area contributed by atoms with Gasteiger partial charge in [-0.2, -0.15) is 0 Å². The maximum Gasteiger partial charge on any atom is 0.356 e. The van der Waals surface area contributed by atoms with Gasteiger partial charge >= 0.3 is 5.97 Å². The van der Waals surface area contributed by atoms with Crippen LogP contribution in [-0.4, -0.2) is 25.4 Å². The summed E-state index contributed by atoms with van der Waals surface area (Å²) in [6.07, 6.45) is 3.12. The average Bonchev–Trinajstić information content (AvgIpc) is 2.78. The molecule has 0 bridgehead atoms. The van der Waals surface area contributed by atoms with E-state index in [-0.39, 0.29) is 5.69 Å². The Labute approximate surface area is 115 Å².